The monoisotopic (exact) mass is 394 g/mol. The maximum atomic E-state index is 12.2. The highest BCUT2D eigenvalue weighted by Crippen LogP contribution is 2.20. The summed E-state index contributed by atoms with van der Waals surface area (Å²) in [5.41, 5.74) is 0. The molecule has 0 aromatic carbocycles. The Bertz CT molecular complexity index is 870. The van der Waals surface area contributed by atoms with Gasteiger partial charge in [0.05, 0.1) is 4.88 Å². The van der Waals surface area contributed by atoms with Crippen LogP contribution >= 0.6 is 11.3 Å². The maximum Gasteiger partial charge on any atom is 0.261 e. The summed E-state index contributed by atoms with van der Waals surface area (Å²) in [6.07, 6.45) is 3.02. The van der Waals surface area contributed by atoms with E-state index in [4.69, 9.17) is 0 Å². The van der Waals surface area contributed by atoms with E-state index in [-0.39, 0.29) is 16.8 Å². The first-order valence-electron chi connectivity index (χ1n) is 8.41. The molecule has 2 aromatic rings. The number of carbonyl (C=O) groups is 1. The smallest absolute Gasteiger partial charge is 0.261 e. The summed E-state index contributed by atoms with van der Waals surface area (Å²) >= 11 is 1.50. The Hall–Kier alpha value is -1.97. The third-order valence-electron chi connectivity index (χ3n) is 4.42. The number of piperidine rings is 1. The molecule has 3 rings (SSSR count). The van der Waals surface area contributed by atoms with Gasteiger partial charge in [0.1, 0.15) is 10.7 Å². The maximum absolute atomic E-state index is 12.2. The van der Waals surface area contributed by atoms with Gasteiger partial charge in [-0.05, 0) is 51.1 Å². The fourth-order valence-electron chi connectivity index (χ4n) is 2.90. The van der Waals surface area contributed by atoms with Gasteiger partial charge in [-0.1, -0.05) is 0 Å². The van der Waals surface area contributed by atoms with Crippen LogP contribution in [0.1, 0.15) is 27.4 Å². The number of thiophene rings is 1. The standard InChI is InChI=1S/C17H22N4O3S2/c1-12-3-5-15(25-12)17(22)20-13-7-9-21(10-8-13)16-6-4-14(11-19-16)26(23,24)18-2/h3-6,11,13,18H,7-10H2,1-2H3,(H,20,22). The molecule has 0 aliphatic carbocycles. The minimum atomic E-state index is -3.47. The zero-order valence-corrected chi connectivity index (χ0v) is 16.4. The molecule has 1 saturated heterocycles. The molecule has 0 spiro atoms. The summed E-state index contributed by atoms with van der Waals surface area (Å²) in [6.45, 7) is 3.51. The second-order valence-corrected chi connectivity index (χ2v) is 9.38. The highest BCUT2D eigenvalue weighted by Gasteiger charge is 2.23. The number of carbonyl (C=O) groups excluding carboxylic acids is 1. The van der Waals surface area contributed by atoms with E-state index in [1.807, 2.05) is 19.1 Å². The largest absolute Gasteiger partial charge is 0.356 e. The van der Waals surface area contributed by atoms with Crippen LogP contribution in [-0.2, 0) is 10.0 Å². The van der Waals surface area contributed by atoms with Gasteiger partial charge in [-0.25, -0.2) is 18.1 Å². The van der Waals surface area contributed by atoms with Crippen molar-refractivity contribution in [2.75, 3.05) is 25.0 Å². The number of anilines is 1. The molecule has 0 unspecified atom stereocenters. The molecule has 7 nitrogen and oxygen atoms in total. The van der Waals surface area contributed by atoms with Gasteiger partial charge in [-0.15, -0.1) is 11.3 Å². The van der Waals surface area contributed by atoms with Crippen molar-refractivity contribution in [1.29, 1.82) is 0 Å². The second-order valence-electron chi connectivity index (χ2n) is 6.20. The first-order chi connectivity index (χ1) is 12.4. The van der Waals surface area contributed by atoms with Crippen LogP contribution in [0.15, 0.2) is 35.4 Å². The number of sulfonamides is 1. The Balaban J connectivity index is 1.56. The van der Waals surface area contributed by atoms with Crippen LogP contribution in [0.3, 0.4) is 0 Å². The van der Waals surface area contributed by atoms with Crippen LogP contribution in [0, 0.1) is 6.92 Å². The van der Waals surface area contributed by atoms with Crippen LogP contribution in [0.2, 0.25) is 0 Å². The molecule has 1 aliphatic heterocycles. The van der Waals surface area contributed by atoms with E-state index < -0.39 is 10.0 Å². The lowest BCUT2D eigenvalue weighted by atomic mass is 10.0. The number of rotatable bonds is 5. The van der Waals surface area contributed by atoms with Gasteiger partial charge in [0, 0.05) is 30.2 Å². The fourth-order valence-corrected chi connectivity index (χ4v) is 4.35. The van der Waals surface area contributed by atoms with Crippen LogP contribution in [0.5, 0.6) is 0 Å². The SMILES string of the molecule is CNS(=O)(=O)c1ccc(N2CCC(NC(=O)c3ccc(C)s3)CC2)nc1. The molecule has 2 aromatic heterocycles. The Morgan fingerprint density at radius 1 is 1.23 bits per heavy atom. The van der Waals surface area contributed by atoms with Crippen molar-refractivity contribution in [2.45, 2.75) is 30.7 Å². The Labute approximate surface area is 157 Å². The van der Waals surface area contributed by atoms with E-state index in [9.17, 15) is 13.2 Å². The summed E-state index contributed by atoms with van der Waals surface area (Å²) < 4.78 is 25.8. The van der Waals surface area contributed by atoms with Crippen molar-refractivity contribution < 1.29 is 13.2 Å². The Morgan fingerprint density at radius 3 is 2.50 bits per heavy atom. The number of nitrogens with zero attached hydrogens (tertiary/aromatic N) is 2. The van der Waals surface area contributed by atoms with Crippen molar-refractivity contribution in [3.8, 4) is 0 Å². The average Bonchev–Trinajstić information content (AvgIpc) is 3.09. The van der Waals surface area contributed by atoms with Crippen molar-refractivity contribution in [2.24, 2.45) is 0 Å². The first-order valence-corrected chi connectivity index (χ1v) is 10.7. The minimum absolute atomic E-state index is 0.0127. The van der Waals surface area contributed by atoms with Gasteiger partial charge in [0.25, 0.3) is 5.91 Å². The summed E-state index contributed by atoms with van der Waals surface area (Å²) in [5, 5.41) is 3.09. The zero-order valence-electron chi connectivity index (χ0n) is 14.7. The lowest BCUT2D eigenvalue weighted by molar-refractivity contribution is 0.0935. The first kappa shape index (κ1) is 18.8. The fraction of sp³-hybridized carbons (Fsp3) is 0.412. The summed E-state index contributed by atoms with van der Waals surface area (Å²) in [6, 6.07) is 7.23. The summed E-state index contributed by atoms with van der Waals surface area (Å²) in [7, 11) is -2.10. The molecule has 3 heterocycles. The van der Waals surface area contributed by atoms with Gasteiger partial charge in [0.15, 0.2) is 0 Å². The molecule has 140 valence electrons. The summed E-state index contributed by atoms with van der Waals surface area (Å²) in [5.74, 6) is 0.736. The van der Waals surface area contributed by atoms with Crippen LogP contribution in [0.4, 0.5) is 5.82 Å². The highest BCUT2D eigenvalue weighted by atomic mass is 32.2. The van der Waals surface area contributed by atoms with E-state index in [2.05, 4.69) is 19.9 Å². The van der Waals surface area contributed by atoms with Crippen LogP contribution in [0.25, 0.3) is 0 Å². The van der Waals surface area contributed by atoms with Crippen molar-refractivity contribution in [1.82, 2.24) is 15.0 Å². The number of hydrogen-bond donors (Lipinski definition) is 2. The Kier molecular flexibility index (Phi) is 5.59. The van der Waals surface area contributed by atoms with Gasteiger partial charge < -0.3 is 10.2 Å². The van der Waals surface area contributed by atoms with Gasteiger partial charge in [-0.3, -0.25) is 4.79 Å². The molecule has 0 atom stereocenters. The van der Waals surface area contributed by atoms with E-state index in [1.165, 1.54) is 24.6 Å². The molecule has 0 saturated carbocycles. The molecule has 9 heteroatoms. The predicted octanol–water partition coefficient (Wildman–Crippen LogP) is 1.76. The molecular formula is C17H22N4O3S2. The number of aromatic nitrogens is 1. The number of pyridine rings is 1. The highest BCUT2D eigenvalue weighted by molar-refractivity contribution is 7.89. The Morgan fingerprint density at radius 2 is 1.96 bits per heavy atom. The number of hydrogen-bond acceptors (Lipinski definition) is 6. The summed E-state index contributed by atoms with van der Waals surface area (Å²) in [4.78, 5) is 20.6. The van der Waals surface area contributed by atoms with Crippen LogP contribution < -0.4 is 14.9 Å². The second kappa shape index (κ2) is 7.73. The van der Waals surface area contributed by atoms with Gasteiger partial charge in [-0.2, -0.15) is 0 Å². The van der Waals surface area contributed by atoms with E-state index in [0.29, 0.717) is 0 Å². The molecule has 0 bridgehead atoms. The van der Waals surface area contributed by atoms with Crippen molar-refractivity contribution in [3.63, 3.8) is 0 Å². The zero-order chi connectivity index (χ0) is 18.7. The molecule has 1 aliphatic rings. The number of nitrogens with one attached hydrogen (secondary N) is 2. The lowest BCUT2D eigenvalue weighted by Gasteiger charge is -2.33. The average molecular weight is 395 g/mol. The quantitative estimate of drug-likeness (QED) is 0.806. The van der Waals surface area contributed by atoms with Gasteiger partial charge >= 0.3 is 0 Å². The minimum Gasteiger partial charge on any atom is -0.356 e. The normalized spacial score (nSPS) is 15.8. The molecule has 1 fully saturated rings. The van der Waals surface area contributed by atoms with Crippen LogP contribution in [-0.4, -0.2) is 45.5 Å². The third-order valence-corrected chi connectivity index (χ3v) is 6.82. The van der Waals surface area contributed by atoms with Gasteiger partial charge in [0.2, 0.25) is 10.0 Å². The van der Waals surface area contributed by atoms with Crippen molar-refractivity contribution in [3.05, 3.63) is 40.2 Å². The molecule has 2 N–H and O–H groups in total. The predicted molar refractivity (Wildman–Crippen MR) is 102 cm³/mol. The molecule has 0 radical (unpaired) electrons. The molecule has 1 amide bonds. The molecule has 26 heavy (non-hydrogen) atoms. The van der Waals surface area contributed by atoms with E-state index in [1.54, 1.807) is 12.1 Å². The van der Waals surface area contributed by atoms with E-state index >= 15 is 0 Å². The molecular weight excluding hydrogens is 372 g/mol. The lowest BCUT2D eigenvalue weighted by Crippen LogP contribution is -2.44. The third kappa shape index (κ3) is 4.22. The number of amides is 1. The number of aryl methyl sites for hydroxylation is 1. The topological polar surface area (TPSA) is 91.4 Å². The van der Waals surface area contributed by atoms with Crippen molar-refractivity contribution >= 4 is 33.1 Å². The van der Waals surface area contributed by atoms with E-state index in [0.717, 1.165) is 41.5 Å².